The van der Waals surface area contributed by atoms with Crippen LogP contribution in [0.5, 0.6) is 5.75 Å². The van der Waals surface area contributed by atoms with Crippen LogP contribution in [0, 0.1) is 0 Å². The molecule has 0 amide bonds. The van der Waals surface area contributed by atoms with E-state index in [0.29, 0.717) is 11.1 Å². The summed E-state index contributed by atoms with van der Waals surface area (Å²) in [5.41, 5.74) is -0.693. The summed E-state index contributed by atoms with van der Waals surface area (Å²) in [4.78, 5) is 48.8. The van der Waals surface area contributed by atoms with Crippen molar-refractivity contribution in [3.05, 3.63) is 63.7 Å². The molecule has 2 N–H and O–H groups in total. The molecule has 0 aromatic heterocycles. The molecule has 0 heterocycles. The minimum atomic E-state index is -1.85. The van der Waals surface area contributed by atoms with Crippen molar-refractivity contribution in [3.63, 3.8) is 0 Å². The SMILES string of the molecule is CC(=O)OCC(=O)C1(O)Cc2cc3c(c(O)c2C(Br)C1)C(=O)c1ccccc1C3=O. The van der Waals surface area contributed by atoms with Crippen LogP contribution in [0.1, 0.15) is 61.1 Å². The third-order valence-corrected chi connectivity index (χ3v) is 6.33. The second-order valence-corrected chi connectivity index (χ2v) is 8.61. The highest BCUT2D eigenvalue weighted by atomic mass is 79.9. The summed E-state index contributed by atoms with van der Waals surface area (Å²) in [5, 5.41) is 21.8. The van der Waals surface area contributed by atoms with Crippen LogP contribution < -0.4 is 0 Å². The molecule has 2 aromatic carbocycles. The van der Waals surface area contributed by atoms with E-state index in [2.05, 4.69) is 15.9 Å². The number of Topliss-reactive ketones (excluding diaryl/α,β-unsaturated/α-hetero) is 1. The van der Waals surface area contributed by atoms with Crippen LogP contribution >= 0.6 is 15.9 Å². The Hall–Kier alpha value is -2.84. The van der Waals surface area contributed by atoms with Gasteiger partial charge in [0.2, 0.25) is 5.78 Å². The summed E-state index contributed by atoms with van der Waals surface area (Å²) in [6.07, 6.45) is -0.278. The number of phenols is 1. The monoisotopic (exact) mass is 472 g/mol. The van der Waals surface area contributed by atoms with Crippen LogP contribution in [-0.4, -0.2) is 45.7 Å². The van der Waals surface area contributed by atoms with E-state index in [1.807, 2.05) is 0 Å². The van der Waals surface area contributed by atoms with E-state index in [0.717, 1.165) is 6.92 Å². The molecule has 0 aliphatic heterocycles. The summed E-state index contributed by atoms with van der Waals surface area (Å²) in [6.45, 7) is 0.578. The molecule has 0 saturated carbocycles. The molecule has 2 aliphatic rings. The number of ether oxygens (including phenoxy) is 1. The number of hydrogen-bond acceptors (Lipinski definition) is 7. The van der Waals surface area contributed by atoms with E-state index >= 15 is 0 Å². The van der Waals surface area contributed by atoms with E-state index in [4.69, 9.17) is 4.74 Å². The summed E-state index contributed by atoms with van der Waals surface area (Å²) < 4.78 is 4.72. The molecule has 0 fully saturated rings. The Balaban J connectivity index is 1.80. The van der Waals surface area contributed by atoms with Crippen LogP contribution in [0.4, 0.5) is 0 Å². The van der Waals surface area contributed by atoms with Crippen molar-refractivity contribution in [1.29, 1.82) is 0 Å². The number of aromatic hydroxyl groups is 1. The molecule has 7 nitrogen and oxygen atoms in total. The van der Waals surface area contributed by atoms with Crippen LogP contribution in [0.25, 0.3) is 0 Å². The molecule has 2 unspecified atom stereocenters. The lowest BCUT2D eigenvalue weighted by atomic mass is 9.74. The Morgan fingerprint density at radius 1 is 1.17 bits per heavy atom. The Kier molecular flexibility index (Phi) is 4.86. The first-order valence-corrected chi connectivity index (χ1v) is 10.2. The van der Waals surface area contributed by atoms with Crippen molar-refractivity contribution in [1.82, 2.24) is 0 Å². The van der Waals surface area contributed by atoms with Gasteiger partial charge in [0.1, 0.15) is 11.4 Å². The zero-order chi connectivity index (χ0) is 21.8. The highest BCUT2D eigenvalue weighted by Gasteiger charge is 2.46. The number of rotatable bonds is 3. The van der Waals surface area contributed by atoms with Crippen molar-refractivity contribution in [2.24, 2.45) is 0 Å². The topological polar surface area (TPSA) is 118 Å². The van der Waals surface area contributed by atoms with E-state index in [1.54, 1.807) is 18.2 Å². The van der Waals surface area contributed by atoms with Gasteiger partial charge < -0.3 is 14.9 Å². The largest absolute Gasteiger partial charge is 0.507 e. The number of phenolic OH excluding ortho intramolecular Hbond substituents is 1. The Morgan fingerprint density at radius 3 is 2.43 bits per heavy atom. The molecule has 0 saturated heterocycles. The van der Waals surface area contributed by atoms with Gasteiger partial charge in [0.25, 0.3) is 0 Å². The van der Waals surface area contributed by atoms with Gasteiger partial charge in [-0.3, -0.25) is 19.2 Å². The third kappa shape index (κ3) is 3.07. The maximum absolute atomic E-state index is 13.0. The number of carbonyl (C=O) groups excluding carboxylic acids is 4. The lowest BCUT2D eigenvalue weighted by molar-refractivity contribution is -0.153. The first-order valence-electron chi connectivity index (χ1n) is 9.24. The lowest BCUT2D eigenvalue weighted by Crippen LogP contribution is -2.46. The molecule has 8 heteroatoms. The molecule has 154 valence electrons. The van der Waals surface area contributed by atoms with Gasteiger partial charge in [-0.15, -0.1) is 0 Å². The molecule has 2 aliphatic carbocycles. The van der Waals surface area contributed by atoms with Gasteiger partial charge in [0.15, 0.2) is 18.2 Å². The van der Waals surface area contributed by atoms with Crippen molar-refractivity contribution < 1.29 is 34.1 Å². The highest BCUT2D eigenvalue weighted by molar-refractivity contribution is 9.09. The fourth-order valence-corrected chi connectivity index (χ4v) is 5.15. The van der Waals surface area contributed by atoms with Gasteiger partial charge in [0, 0.05) is 46.8 Å². The molecule has 0 spiro atoms. The fraction of sp³-hybridized carbons (Fsp3) is 0.273. The van der Waals surface area contributed by atoms with Gasteiger partial charge in [-0.2, -0.15) is 0 Å². The van der Waals surface area contributed by atoms with Crippen molar-refractivity contribution in [3.8, 4) is 5.75 Å². The first-order chi connectivity index (χ1) is 14.1. The molecule has 4 rings (SSSR count). The molecule has 0 bridgehead atoms. The number of aliphatic hydroxyl groups is 1. The van der Waals surface area contributed by atoms with Gasteiger partial charge >= 0.3 is 5.97 Å². The predicted octanol–water partition coefficient (Wildman–Crippen LogP) is 2.41. The minimum Gasteiger partial charge on any atom is -0.507 e. The third-order valence-electron chi connectivity index (χ3n) is 5.55. The zero-order valence-corrected chi connectivity index (χ0v) is 17.5. The molecular formula is C22H17BrO7. The first kappa shape index (κ1) is 20.4. The van der Waals surface area contributed by atoms with E-state index in [-0.39, 0.29) is 40.8 Å². The van der Waals surface area contributed by atoms with Crippen molar-refractivity contribution >= 4 is 39.2 Å². The van der Waals surface area contributed by atoms with Gasteiger partial charge in [0.05, 0.1) is 5.56 Å². The van der Waals surface area contributed by atoms with Gasteiger partial charge in [-0.05, 0) is 11.6 Å². The quantitative estimate of drug-likeness (QED) is 0.443. The summed E-state index contributed by atoms with van der Waals surface area (Å²) >= 11 is 3.38. The molecular weight excluding hydrogens is 456 g/mol. The van der Waals surface area contributed by atoms with Crippen molar-refractivity contribution in [2.75, 3.05) is 6.61 Å². The standard InChI is InChI=1S/C22H17BrO7/c1-10(24)30-9-16(25)22(29)7-11-6-14-18(21(28)17(11)15(23)8-22)20(27)13-5-3-2-4-12(13)19(14)26/h2-6,15,28-29H,7-9H2,1H3. The second kappa shape index (κ2) is 7.14. The number of benzene rings is 2. The van der Waals surface area contributed by atoms with E-state index < -0.39 is 40.4 Å². The van der Waals surface area contributed by atoms with Crippen molar-refractivity contribution in [2.45, 2.75) is 30.2 Å². The zero-order valence-electron chi connectivity index (χ0n) is 15.9. The Labute approximate surface area is 179 Å². The summed E-state index contributed by atoms with van der Waals surface area (Å²) in [7, 11) is 0. The molecule has 2 aromatic rings. The number of esters is 1. The number of hydrogen-bond donors (Lipinski definition) is 2. The maximum atomic E-state index is 13.0. The molecule has 2 atom stereocenters. The Morgan fingerprint density at radius 2 is 1.80 bits per heavy atom. The van der Waals surface area contributed by atoms with Crippen LogP contribution in [0.15, 0.2) is 30.3 Å². The van der Waals surface area contributed by atoms with Gasteiger partial charge in [-0.25, -0.2) is 0 Å². The maximum Gasteiger partial charge on any atom is 0.303 e. The van der Waals surface area contributed by atoms with Crippen LogP contribution in [-0.2, 0) is 20.7 Å². The predicted molar refractivity (Wildman–Crippen MR) is 108 cm³/mol. The summed E-state index contributed by atoms with van der Waals surface area (Å²) in [6, 6.07) is 7.83. The average Bonchev–Trinajstić information content (AvgIpc) is 2.69. The number of ketones is 3. The summed E-state index contributed by atoms with van der Waals surface area (Å²) in [5.74, 6) is -2.52. The number of fused-ring (bicyclic) bond motifs is 3. The molecule has 0 radical (unpaired) electrons. The smallest absolute Gasteiger partial charge is 0.303 e. The minimum absolute atomic E-state index is 0.0336. The van der Waals surface area contributed by atoms with Gasteiger partial charge in [-0.1, -0.05) is 40.2 Å². The number of halogens is 1. The number of alkyl halides is 1. The van der Waals surface area contributed by atoms with Crippen LogP contribution in [0.3, 0.4) is 0 Å². The fourth-order valence-electron chi connectivity index (χ4n) is 4.10. The second-order valence-electron chi connectivity index (χ2n) is 7.51. The van der Waals surface area contributed by atoms with E-state index in [9.17, 15) is 29.4 Å². The highest BCUT2D eigenvalue weighted by Crippen LogP contribution is 2.48. The van der Waals surface area contributed by atoms with Crippen LogP contribution in [0.2, 0.25) is 0 Å². The number of carbonyl (C=O) groups is 4. The average molecular weight is 473 g/mol. The lowest BCUT2D eigenvalue weighted by Gasteiger charge is -2.36. The normalized spacial score (nSPS) is 22.0. The molecule has 30 heavy (non-hydrogen) atoms. The Bertz CT molecular complexity index is 1140. The van der Waals surface area contributed by atoms with E-state index in [1.165, 1.54) is 12.1 Å².